The number of rotatable bonds is 5. The van der Waals surface area contributed by atoms with E-state index in [0.717, 1.165) is 26.8 Å². The second kappa shape index (κ2) is 6.97. The lowest BCUT2D eigenvalue weighted by molar-refractivity contribution is 0.548. The summed E-state index contributed by atoms with van der Waals surface area (Å²) < 4.78 is 15.3. The quantitative estimate of drug-likeness (QED) is 0.709. The van der Waals surface area contributed by atoms with Crippen LogP contribution in [0.5, 0.6) is 0 Å². The van der Waals surface area contributed by atoms with Gasteiger partial charge >= 0.3 is 0 Å². The Labute approximate surface area is 133 Å². The maximum atomic E-state index is 13.4. The monoisotopic (exact) mass is 405 g/mol. The van der Waals surface area contributed by atoms with Crippen molar-refractivity contribution in [1.82, 2.24) is 5.32 Å². The van der Waals surface area contributed by atoms with E-state index in [1.807, 2.05) is 6.07 Å². The molecule has 0 aliphatic heterocycles. The Kier molecular flexibility index (Phi) is 5.57. The van der Waals surface area contributed by atoms with Crippen LogP contribution in [0, 0.1) is 5.82 Å². The van der Waals surface area contributed by atoms with Crippen molar-refractivity contribution in [3.63, 3.8) is 0 Å². The molecule has 1 N–H and O–H groups in total. The summed E-state index contributed by atoms with van der Waals surface area (Å²) in [5.41, 5.74) is 2.22. The van der Waals surface area contributed by atoms with Crippen molar-refractivity contribution in [1.29, 1.82) is 0 Å². The van der Waals surface area contributed by atoms with Crippen LogP contribution >= 0.6 is 43.2 Å². The Hall–Kier alpha value is -0.230. The maximum Gasteiger partial charge on any atom is 0.124 e. The summed E-state index contributed by atoms with van der Waals surface area (Å²) in [6, 6.07) is 7.37. The fourth-order valence-corrected chi connectivity index (χ4v) is 3.77. The zero-order chi connectivity index (χ0) is 13.8. The number of hydrogen-bond acceptors (Lipinski definition) is 2. The van der Waals surface area contributed by atoms with E-state index in [1.54, 1.807) is 17.4 Å². The molecule has 0 amide bonds. The van der Waals surface area contributed by atoms with Crippen LogP contribution in [0.3, 0.4) is 0 Å². The Morgan fingerprint density at radius 1 is 1.26 bits per heavy atom. The molecule has 1 atom stereocenters. The summed E-state index contributed by atoms with van der Waals surface area (Å²) >= 11 is 8.49. The van der Waals surface area contributed by atoms with Gasteiger partial charge in [-0.05, 0) is 69.7 Å². The average Bonchev–Trinajstić information content (AvgIpc) is 2.74. The predicted octanol–water partition coefficient (Wildman–Crippen LogP) is 5.31. The molecule has 2 rings (SSSR count). The largest absolute Gasteiger partial charge is 0.310 e. The van der Waals surface area contributed by atoms with E-state index in [1.165, 1.54) is 11.6 Å². The van der Waals surface area contributed by atoms with E-state index in [0.29, 0.717) is 0 Å². The summed E-state index contributed by atoms with van der Waals surface area (Å²) in [4.78, 5) is 0. The van der Waals surface area contributed by atoms with Gasteiger partial charge in [0.1, 0.15) is 5.82 Å². The van der Waals surface area contributed by atoms with Gasteiger partial charge in [-0.15, -0.1) is 11.3 Å². The van der Waals surface area contributed by atoms with Crippen molar-refractivity contribution in [3.05, 3.63) is 54.8 Å². The van der Waals surface area contributed by atoms with Gasteiger partial charge in [0, 0.05) is 10.5 Å². The number of halogens is 3. The fourth-order valence-electron chi connectivity index (χ4n) is 2.02. The summed E-state index contributed by atoms with van der Waals surface area (Å²) in [6.07, 6.45) is 0.771. The molecule has 102 valence electrons. The van der Waals surface area contributed by atoms with E-state index in [2.05, 4.69) is 55.5 Å². The second-order valence-corrected chi connectivity index (χ2v) is 7.48. The van der Waals surface area contributed by atoms with Gasteiger partial charge < -0.3 is 5.32 Å². The van der Waals surface area contributed by atoms with Crippen molar-refractivity contribution in [3.8, 4) is 0 Å². The molecule has 0 radical (unpaired) electrons. The third-order valence-corrected chi connectivity index (χ3v) is 4.78. The number of benzene rings is 1. The molecule has 5 heteroatoms. The highest BCUT2D eigenvalue weighted by Gasteiger charge is 2.13. The summed E-state index contributed by atoms with van der Waals surface area (Å²) in [6.45, 7) is 2.96. The van der Waals surface area contributed by atoms with Crippen molar-refractivity contribution < 1.29 is 4.39 Å². The number of thiophene rings is 1. The van der Waals surface area contributed by atoms with Crippen LogP contribution in [0.15, 0.2) is 37.9 Å². The number of hydrogen-bond donors (Lipinski definition) is 1. The average molecular weight is 407 g/mol. The molecule has 0 fully saturated rings. The summed E-state index contributed by atoms with van der Waals surface area (Å²) in [5.74, 6) is -0.203. The van der Waals surface area contributed by atoms with Gasteiger partial charge in [-0.1, -0.05) is 22.9 Å². The van der Waals surface area contributed by atoms with Crippen LogP contribution in [-0.4, -0.2) is 6.54 Å². The van der Waals surface area contributed by atoms with E-state index in [9.17, 15) is 4.39 Å². The first-order valence-corrected chi connectivity index (χ1v) is 8.47. The Bertz CT molecular complexity index is 536. The molecule has 1 heterocycles. The number of likely N-dealkylation sites (N-methyl/N-ethyl adjacent to an activating group) is 1. The lowest BCUT2D eigenvalue weighted by atomic mass is 10.0. The first-order valence-electron chi connectivity index (χ1n) is 6.00. The molecule has 1 nitrogen and oxygen atoms in total. The Morgan fingerprint density at radius 2 is 2.05 bits per heavy atom. The van der Waals surface area contributed by atoms with Gasteiger partial charge in [0.25, 0.3) is 0 Å². The molecule has 1 aromatic heterocycles. The summed E-state index contributed by atoms with van der Waals surface area (Å²) in [5, 5.41) is 5.58. The van der Waals surface area contributed by atoms with Crippen LogP contribution in [0.25, 0.3) is 0 Å². The molecular weight excluding hydrogens is 393 g/mol. The van der Waals surface area contributed by atoms with E-state index >= 15 is 0 Å². The van der Waals surface area contributed by atoms with Crippen LogP contribution in [0.4, 0.5) is 4.39 Å². The molecule has 0 aliphatic rings. The minimum atomic E-state index is -0.203. The predicted molar refractivity (Wildman–Crippen MR) is 86.2 cm³/mol. The van der Waals surface area contributed by atoms with Crippen LogP contribution in [0.1, 0.15) is 24.1 Å². The van der Waals surface area contributed by atoms with Crippen molar-refractivity contribution in [2.24, 2.45) is 0 Å². The molecule has 0 saturated heterocycles. The Morgan fingerprint density at radius 3 is 2.63 bits per heavy atom. The van der Waals surface area contributed by atoms with Gasteiger partial charge in [-0.25, -0.2) is 4.39 Å². The molecular formula is C14H14Br2FNS. The van der Waals surface area contributed by atoms with Gasteiger partial charge in [0.15, 0.2) is 0 Å². The van der Waals surface area contributed by atoms with Gasteiger partial charge in [-0.2, -0.15) is 0 Å². The zero-order valence-corrected chi connectivity index (χ0v) is 14.4. The minimum Gasteiger partial charge on any atom is -0.310 e. The van der Waals surface area contributed by atoms with Crippen molar-refractivity contribution in [2.45, 2.75) is 19.4 Å². The third-order valence-electron chi connectivity index (χ3n) is 2.80. The van der Waals surface area contributed by atoms with Crippen LogP contribution in [-0.2, 0) is 6.42 Å². The smallest absolute Gasteiger partial charge is 0.124 e. The SMILES string of the molecule is CCNC(Cc1cc(F)cc(Br)c1)c1csc(Br)c1. The normalized spacial score (nSPS) is 12.6. The van der Waals surface area contributed by atoms with E-state index < -0.39 is 0 Å². The molecule has 0 spiro atoms. The lowest BCUT2D eigenvalue weighted by Crippen LogP contribution is -2.22. The topological polar surface area (TPSA) is 12.0 Å². The van der Waals surface area contributed by atoms with Crippen molar-refractivity contribution >= 4 is 43.2 Å². The van der Waals surface area contributed by atoms with Crippen LogP contribution < -0.4 is 5.32 Å². The lowest BCUT2D eigenvalue weighted by Gasteiger charge is -2.17. The highest BCUT2D eigenvalue weighted by molar-refractivity contribution is 9.11. The van der Waals surface area contributed by atoms with Crippen molar-refractivity contribution in [2.75, 3.05) is 6.54 Å². The third kappa shape index (κ3) is 4.38. The standard InChI is InChI=1S/C14H14Br2FNS/c1-2-18-13(10-6-14(16)19-8-10)5-9-3-11(15)7-12(17)4-9/h3-4,6-8,13,18H,2,5H2,1H3. The first-order chi connectivity index (χ1) is 9.08. The molecule has 1 aromatic carbocycles. The highest BCUT2D eigenvalue weighted by atomic mass is 79.9. The number of nitrogens with one attached hydrogen (secondary N) is 1. The van der Waals surface area contributed by atoms with Gasteiger partial charge in [-0.3, -0.25) is 0 Å². The maximum absolute atomic E-state index is 13.4. The van der Waals surface area contributed by atoms with Gasteiger partial charge in [0.2, 0.25) is 0 Å². The van der Waals surface area contributed by atoms with Crippen LogP contribution in [0.2, 0.25) is 0 Å². The molecule has 0 bridgehead atoms. The molecule has 0 saturated carbocycles. The first kappa shape index (κ1) is 15.2. The molecule has 19 heavy (non-hydrogen) atoms. The van der Waals surface area contributed by atoms with Gasteiger partial charge in [0.05, 0.1) is 3.79 Å². The second-order valence-electron chi connectivity index (χ2n) is 4.28. The van der Waals surface area contributed by atoms with E-state index in [4.69, 9.17) is 0 Å². The Balaban J connectivity index is 2.20. The zero-order valence-electron chi connectivity index (χ0n) is 10.4. The highest BCUT2D eigenvalue weighted by Crippen LogP contribution is 2.28. The molecule has 2 aromatic rings. The van der Waals surface area contributed by atoms with E-state index in [-0.39, 0.29) is 11.9 Å². The molecule has 1 unspecified atom stereocenters. The fraction of sp³-hybridized carbons (Fsp3) is 0.286. The molecule has 0 aliphatic carbocycles. The summed E-state index contributed by atoms with van der Waals surface area (Å²) in [7, 11) is 0. The minimum absolute atomic E-state index is 0.203.